The number of hydrogen-bond donors (Lipinski definition) is 2. The van der Waals surface area contributed by atoms with Crippen LogP contribution in [0.5, 0.6) is 5.75 Å². The predicted molar refractivity (Wildman–Crippen MR) is 87.0 cm³/mol. The molecule has 5 nitrogen and oxygen atoms in total. The second kappa shape index (κ2) is 7.11. The number of fused-ring (bicyclic) bond motifs is 1. The number of nitrogens with two attached hydrogens (primary N) is 1. The number of aliphatic hydroxyl groups is 1. The number of benzene rings is 1. The molecule has 22 heavy (non-hydrogen) atoms. The third-order valence-electron chi connectivity index (χ3n) is 3.99. The lowest BCUT2D eigenvalue weighted by Crippen LogP contribution is -2.45. The second-order valence-electron chi connectivity index (χ2n) is 6.07. The van der Waals surface area contributed by atoms with Gasteiger partial charge in [0.25, 0.3) is 0 Å². The Kier molecular flexibility index (Phi) is 5.42. The van der Waals surface area contributed by atoms with Crippen molar-refractivity contribution in [3.63, 3.8) is 0 Å². The largest absolute Gasteiger partial charge is 0.486 e. The van der Waals surface area contributed by atoms with Crippen molar-refractivity contribution < 1.29 is 14.6 Å². The normalized spacial score (nSPS) is 18.8. The molecule has 2 rings (SSSR count). The van der Waals surface area contributed by atoms with Crippen molar-refractivity contribution in [3.05, 3.63) is 23.8 Å². The standard InChI is InChI=1S/C17H26N2O3/c1-4-13-10-19(17(21)11(2)3)14-9-12(15(20)7-8-18)5-6-16(14)22-13/h5-6,9,11,13,15,20H,4,7-8,10,18H2,1-3H3. The minimum Gasteiger partial charge on any atom is -0.486 e. The van der Waals surface area contributed by atoms with Crippen LogP contribution < -0.4 is 15.4 Å². The first-order chi connectivity index (χ1) is 10.5. The first kappa shape index (κ1) is 16.8. The van der Waals surface area contributed by atoms with Gasteiger partial charge in [-0.05, 0) is 37.1 Å². The number of amides is 1. The third-order valence-corrected chi connectivity index (χ3v) is 3.99. The first-order valence-electron chi connectivity index (χ1n) is 7.98. The van der Waals surface area contributed by atoms with Crippen LogP contribution in [0.1, 0.15) is 45.3 Å². The Morgan fingerprint density at radius 1 is 1.50 bits per heavy atom. The maximum atomic E-state index is 12.5. The van der Waals surface area contributed by atoms with Crippen LogP contribution in [0.3, 0.4) is 0 Å². The quantitative estimate of drug-likeness (QED) is 0.874. The van der Waals surface area contributed by atoms with Crippen molar-refractivity contribution in [2.24, 2.45) is 11.7 Å². The SMILES string of the molecule is CCC1CN(C(=O)C(C)C)c2cc(C(O)CCN)ccc2O1. The number of anilines is 1. The Morgan fingerprint density at radius 3 is 2.82 bits per heavy atom. The lowest BCUT2D eigenvalue weighted by molar-refractivity contribution is -0.121. The lowest BCUT2D eigenvalue weighted by Gasteiger charge is -2.36. The van der Waals surface area contributed by atoms with Gasteiger partial charge in [0.05, 0.1) is 18.3 Å². The summed E-state index contributed by atoms with van der Waals surface area (Å²) >= 11 is 0. The van der Waals surface area contributed by atoms with Gasteiger partial charge >= 0.3 is 0 Å². The van der Waals surface area contributed by atoms with Crippen LogP contribution in [0.2, 0.25) is 0 Å². The van der Waals surface area contributed by atoms with Crippen LogP contribution in [0.25, 0.3) is 0 Å². The summed E-state index contributed by atoms with van der Waals surface area (Å²) in [6.45, 7) is 6.81. The fourth-order valence-electron chi connectivity index (χ4n) is 2.63. The maximum absolute atomic E-state index is 12.5. The molecule has 1 aromatic rings. The molecular weight excluding hydrogens is 280 g/mol. The molecule has 0 saturated heterocycles. The number of carbonyl (C=O) groups excluding carboxylic acids is 1. The molecular formula is C17H26N2O3. The molecule has 2 atom stereocenters. The Bertz CT molecular complexity index is 531. The van der Waals surface area contributed by atoms with Crippen LogP contribution in [0.15, 0.2) is 18.2 Å². The van der Waals surface area contributed by atoms with Gasteiger partial charge in [0.1, 0.15) is 11.9 Å². The number of aliphatic hydroxyl groups excluding tert-OH is 1. The van der Waals surface area contributed by atoms with E-state index >= 15 is 0 Å². The number of ether oxygens (including phenoxy) is 1. The van der Waals surface area contributed by atoms with E-state index in [2.05, 4.69) is 0 Å². The summed E-state index contributed by atoms with van der Waals surface area (Å²) in [6, 6.07) is 5.53. The van der Waals surface area contributed by atoms with Gasteiger partial charge in [-0.25, -0.2) is 0 Å². The van der Waals surface area contributed by atoms with Crippen LogP contribution in [-0.4, -0.2) is 30.2 Å². The molecule has 1 heterocycles. The maximum Gasteiger partial charge on any atom is 0.229 e. The summed E-state index contributed by atoms with van der Waals surface area (Å²) in [4.78, 5) is 14.3. The zero-order valence-electron chi connectivity index (χ0n) is 13.6. The fraction of sp³-hybridized carbons (Fsp3) is 0.588. The van der Waals surface area contributed by atoms with E-state index in [0.29, 0.717) is 25.3 Å². The molecule has 1 amide bonds. The van der Waals surface area contributed by atoms with Crippen LogP contribution in [0, 0.1) is 5.92 Å². The van der Waals surface area contributed by atoms with Gasteiger partial charge in [0.2, 0.25) is 5.91 Å². The van der Waals surface area contributed by atoms with E-state index in [1.165, 1.54) is 0 Å². The van der Waals surface area contributed by atoms with E-state index < -0.39 is 6.10 Å². The highest BCUT2D eigenvalue weighted by molar-refractivity contribution is 5.96. The summed E-state index contributed by atoms with van der Waals surface area (Å²) in [7, 11) is 0. The second-order valence-corrected chi connectivity index (χ2v) is 6.07. The number of carbonyl (C=O) groups is 1. The number of nitrogens with zero attached hydrogens (tertiary/aromatic N) is 1. The van der Waals surface area contributed by atoms with Gasteiger partial charge in [0.15, 0.2) is 0 Å². The molecule has 1 aromatic carbocycles. The van der Waals surface area contributed by atoms with Gasteiger partial charge in [-0.3, -0.25) is 4.79 Å². The van der Waals surface area contributed by atoms with Crippen LogP contribution >= 0.6 is 0 Å². The molecule has 122 valence electrons. The van der Waals surface area contributed by atoms with Crippen molar-refractivity contribution >= 4 is 11.6 Å². The van der Waals surface area contributed by atoms with E-state index in [4.69, 9.17) is 10.5 Å². The Balaban J connectivity index is 2.38. The van der Waals surface area contributed by atoms with Gasteiger partial charge in [-0.2, -0.15) is 0 Å². The van der Waals surface area contributed by atoms with E-state index in [0.717, 1.165) is 17.7 Å². The summed E-state index contributed by atoms with van der Waals surface area (Å²) in [5.41, 5.74) is 7.02. The monoisotopic (exact) mass is 306 g/mol. The molecule has 2 unspecified atom stereocenters. The van der Waals surface area contributed by atoms with Crippen molar-refractivity contribution in [3.8, 4) is 5.75 Å². The topological polar surface area (TPSA) is 75.8 Å². The first-order valence-corrected chi connectivity index (χ1v) is 7.98. The van der Waals surface area contributed by atoms with Gasteiger partial charge in [-0.15, -0.1) is 0 Å². The van der Waals surface area contributed by atoms with Gasteiger partial charge < -0.3 is 20.5 Å². The van der Waals surface area contributed by atoms with E-state index in [1.54, 1.807) is 4.90 Å². The number of hydrogen-bond acceptors (Lipinski definition) is 4. The Hall–Kier alpha value is -1.59. The summed E-state index contributed by atoms with van der Waals surface area (Å²) in [5, 5.41) is 10.1. The fourth-order valence-corrected chi connectivity index (χ4v) is 2.63. The summed E-state index contributed by atoms with van der Waals surface area (Å²) < 4.78 is 5.94. The molecule has 0 aromatic heterocycles. The van der Waals surface area contributed by atoms with E-state index in [1.807, 2.05) is 39.0 Å². The average Bonchev–Trinajstić information content (AvgIpc) is 2.52. The molecule has 1 aliphatic rings. The molecule has 0 spiro atoms. The molecule has 0 saturated carbocycles. The van der Waals surface area contributed by atoms with Crippen molar-refractivity contribution in [1.29, 1.82) is 0 Å². The highest BCUT2D eigenvalue weighted by Crippen LogP contribution is 2.37. The van der Waals surface area contributed by atoms with Crippen LogP contribution in [0.4, 0.5) is 5.69 Å². The molecule has 0 fully saturated rings. The Labute approximate surface area is 132 Å². The third kappa shape index (κ3) is 3.42. The Morgan fingerprint density at radius 2 is 2.23 bits per heavy atom. The molecule has 0 radical (unpaired) electrons. The van der Waals surface area contributed by atoms with E-state index in [-0.39, 0.29) is 17.9 Å². The number of rotatable bonds is 5. The van der Waals surface area contributed by atoms with Crippen LogP contribution in [-0.2, 0) is 4.79 Å². The van der Waals surface area contributed by atoms with Gasteiger partial charge in [-0.1, -0.05) is 26.8 Å². The average molecular weight is 306 g/mol. The van der Waals surface area contributed by atoms with Gasteiger partial charge in [0, 0.05) is 5.92 Å². The molecule has 1 aliphatic heterocycles. The predicted octanol–water partition coefficient (Wildman–Crippen LogP) is 2.23. The zero-order valence-corrected chi connectivity index (χ0v) is 13.6. The molecule has 5 heteroatoms. The minimum absolute atomic E-state index is 0.00927. The molecule has 0 aliphatic carbocycles. The molecule has 3 N–H and O–H groups in total. The highest BCUT2D eigenvalue weighted by atomic mass is 16.5. The zero-order chi connectivity index (χ0) is 16.3. The highest BCUT2D eigenvalue weighted by Gasteiger charge is 2.30. The van der Waals surface area contributed by atoms with Crippen molar-refractivity contribution in [1.82, 2.24) is 0 Å². The summed E-state index contributed by atoms with van der Waals surface area (Å²) in [5.74, 6) is 0.699. The van der Waals surface area contributed by atoms with Crippen molar-refractivity contribution in [2.45, 2.75) is 45.8 Å². The van der Waals surface area contributed by atoms with E-state index in [9.17, 15) is 9.90 Å². The lowest BCUT2D eigenvalue weighted by atomic mass is 10.0. The molecule has 0 bridgehead atoms. The van der Waals surface area contributed by atoms with Crippen molar-refractivity contribution in [2.75, 3.05) is 18.0 Å². The summed E-state index contributed by atoms with van der Waals surface area (Å²) in [6.07, 6.45) is 0.735. The smallest absolute Gasteiger partial charge is 0.229 e. The minimum atomic E-state index is -0.616.